The Kier molecular flexibility index (Phi) is 12.9. The van der Waals surface area contributed by atoms with Crippen LogP contribution >= 0.6 is 11.6 Å². The molecule has 276 valence electrons. The normalized spacial score (nSPS) is 15.7. The number of methoxy groups -OCH3 is 4. The van der Waals surface area contributed by atoms with E-state index in [0.717, 1.165) is 22.4 Å². The summed E-state index contributed by atoms with van der Waals surface area (Å²) in [7, 11) is 6.30. The maximum absolute atomic E-state index is 13.0. The van der Waals surface area contributed by atoms with Crippen molar-refractivity contribution in [2.75, 3.05) is 72.6 Å². The second kappa shape index (κ2) is 17.7. The molecule has 15 heteroatoms. The molecule has 0 aliphatic carbocycles. The molecule has 3 heterocycles. The first-order valence-electron chi connectivity index (χ1n) is 16.6. The highest BCUT2D eigenvalue weighted by molar-refractivity contribution is 6.63. The Morgan fingerprint density at radius 2 is 1.42 bits per heavy atom. The molecule has 0 saturated carbocycles. The Hall–Kier alpha value is -5.34. The van der Waals surface area contributed by atoms with Crippen molar-refractivity contribution in [2.45, 2.75) is 25.9 Å². The van der Waals surface area contributed by atoms with E-state index in [1.54, 1.807) is 58.5 Å². The second-order valence-electron chi connectivity index (χ2n) is 12.0. The summed E-state index contributed by atoms with van der Waals surface area (Å²) >= 11 is 5.30. The average molecular weight is 736 g/mol. The summed E-state index contributed by atoms with van der Waals surface area (Å²) in [6, 6.07) is 18.1. The van der Waals surface area contributed by atoms with Gasteiger partial charge in [0.15, 0.2) is 0 Å². The van der Waals surface area contributed by atoms with E-state index in [1.807, 2.05) is 47.4 Å². The minimum absolute atomic E-state index is 0.0501. The number of carbonyl (C=O) groups is 3. The topological polar surface area (TPSA) is 146 Å². The van der Waals surface area contributed by atoms with Gasteiger partial charge in [0.2, 0.25) is 22.9 Å². The van der Waals surface area contributed by atoms with Crippen molar-refractivity contribution in [1.29, 1.82) is 0 Å². The van der Waals surface area contributed by atoms with E-state index in [4.69, 9.17) is 39.8 Å². The number of nitrogens with zero attached hydrogens (tertiary/aromatic N) is 5. The number of ether oxygens (including phenoxy) is 5. The van der Waals surface area contributed by atoms with Crippen LogP contribution < -0.4 is 23.8 Å². The highest BCUT2D eigenvalue weighted by Gasteiger charge is 2.34. The van der Waals surface area contributed by atoms with E-state index in [-0.39, 0.29) is 30.9 Å². The lowest BCUT2D eigenvalue weighted by atomic mass is 10.1. The van der Waals surface area contributed by atoms with Crippen molar-refractivity contribution >= 4 is 34.5 Å². The average Bonchev–Trinajstić information content (AvgIpc) is 3.76. The first kappa shape index (κ1) is 37.9. The van der Waals surface area contributed by atoms with Gasteiger partial charge in [-0.3, -0.25) is 19.4 Å². The summed E-state index contributed by atoms with van der Waals surface area (Å²) in [6.07, 6.45) is -0.215. The predicted molar refractivity (Wildman–Crippen MR) is 192 cm³/mol. The Morgan fingerprint density at radius 1 is 0.827 bits per heavy atom. The smallest absolute Gasteiger partial charge is 0.414 e. The maximum Gasteiger partial charge on any atom is 0.414 e. The van der Waals surface area contributed by atoms with E-state index < -0.39 is 5.24 Å². The highest BCUT2D eigenvalue weighted by atomic mass is 35.5. The minimum Gasteiger partial charge on any atom is -0.497 e. The van der Waals surface area contributed by atoms with Crippen LogP contribution in [0.3, 0.4) is 0 Å². The molecular formula is C37H42ClN5O9. The van der Waals surface area contributed by atoms with Crippen LogP contribution in [0.1, 0.15) is 17.0 Å². The molecule has 14 nitrogen and oxygen atoms in total. The van der Waals surface area contributed by atoms with Crippen molar-refractivity contribution < 1.29 is 42.6 Å². The van der Waals surface area contributed by atoms with Crippen LogP contribution in [0.2, 0.25) is 0 Å². The summed E-state index contributed by atoms with van der Waals surface area (Å²) in [5, 5.41) is 3.51. The van der Waals surface area contributed by atoms with Crippen LogP contribution in [0.15, 0.2) is 65.2 Å². The fourth-order valence-electron chi connectivity index (χ4n) is 5.97. The third kappa shape index (κ3) is 9.70. The number of hydrogen-bond acceptors (Lipinski definition) is 12. The third-order valence-corrected chi connectivity index (χ3v) is 8.81. The van der Waals surface area contributed by atoms with Crippen LogP contribution in [0.5, 0.6) is 23.0 Å². The number of piperazine rings is 1. The fourth-order valence-corrected chi connectivity index (χ4v) is 6.11. The Balaban J connectivity index is 0.000000314. The standard InChI is InChI=1S/C27H31N5O6.C10H11ClO3/c1-18-28-26(29-38-18)19-4-6-21(7-5-19)32-17-23(37-27(32)34)16-30-10-12-31(13-11-30)25(33)15-20-14-22(35-2)8-9-24(20)36-3;1-13-8-3-4-9(14-2)7(5-8)6-10(11)12/h4-9,14,23H,10-13,15-17H2,1-3H3;3-5H,6H2,1-2H3. The van der Waals surface area contributed by atoms with Crippen LogP contribution in [0.25, 0.3) is 11.4 Å². The molecule has 2 aliphatic heterocycles. The molecule has 2 amide bonds. The van der Waals surface area contributed by atoms with Crippen LogP contribution in [0.4, 0.5) is 10.5 Å². The van der Waals surface area contributed by atoms with Crippen LogP contribution in [0, 0.1) is 6.92 Å². The molecule has 52 heavy (non-hydrogen) atoms. The number of aromatic nitrogens is 2. The highest BCUT2D eigenvalue weighted by Crippen LogP contribution is 2.28. The fraction of sp³-hybridized carbons (Fsp3) is 0.378. The lowest BCUT2D eigenvalue weighted by Crippen LogP contribution is -2.51. The van der Waals surface area contributed by atoms with Crippen molar-refractivity contribution in [3.05, 3.63) is 77.7 Å². The van der Waals surface area contributed by atoms with Gasteiger partial charge in [0.05, 0.1) is 47.8 Å². The summed E-state index contributed by atoms with van der Waals surface area (Å²) in [4.78, 5) is 46.3. The van der Waals surface area contributed by atoms with E-state index >= 15 is 0 Å². The zero-order valence-corrected chi connectivity index (χ0v) is 30.6. The van der Waals surface area contributed by atoms with E-state index in [0.29, 0.717) is 74.0 Å². The number of halogens is 1. The van der Waals surface area contributed by atoms with Crippen molar-refractivity contribution in [3.8, 4) is 34.4 Å². The van der Waals surface area contributed by atoms with Gasteiger partial charge in [0.25, 0.3) is 0 Å². The molecule has 1 unspecified atom stereocenters. The lowest BCUT2D eigenvalue weighted by Gasteiger charge is -2.35. The number of rotatable bonds is 12. The molecule has 3 aromatic carbocycles. The van der Waals surface area contributed by atoms with Gasteiger partial charge in [-0.2, -0.15) is 4.98 Å². The zero-order valence-electron chi connectivity index (χ0n) is 29.8. The van der Waals surface area contributed by atoms with E-state index in [9.17, 15) is 14.4 Å². The third-order valence-electron chi connectivity index (χ3n) is 8.67. The molecule has 2 fully saturated rings. The maximum atomic E-state index is 13.0. The quantitative estimate of drug-likeness (QED) is 0.185. The number of anilines is 1. The monoisotopic (exact) mass is 735 g/mol. The van der Waals surface area contributed by atoms with Crippen molar-refractivity contribution in [1.82, 2.24) is 19.9 Å². The van der Waals surface area contributed by atoms with Gasteiger partial charge < -0.3 is 33.1 Å². The minimum atomic E-state index is -0.420. The molecule has 0 radical (unpaired) electrons. The second-order valence-corrected chi connectivity index (χ2v) is 12.5. The summed E-state index contributed by atoms with van der Waals surface area (Å²) in [5.41, 5.74) is 3.10. The molecule has 1 atom stereocenters. The summed E-state index contributed by atoms with van der Waals surface area (Å²) in [6.45, 7) is 5.49. The van der Waals surface area contributed by atoms with Gasteiger partial charge in [-0.05, 0) is 72.3 Å². The van der Waals surface area contributed by atoms with E-state index in [2.05, 4.69) is 15.0 Å². The Labute approximate surface area is 307 Å². The Morgan fingerprint density at radius 3 is 1.94 bits per heavy atom. The van der Waals surface area contributed by atoms with E-state index in [1.165, 1.54) is 0 Å². The molecule has 0 bridgehead atoms. The van der Waals surface area contributed by atoms with Crippen LogP contribution in [-0.2, 0) is 27.2 Å². The number of carbonyl (C=O) groups excluding carboxylic acids is 3. The molecule has 2 saturated heterocycles. The molecule has 2 aliphatic rings. The van der Waals surface area contributed by atoms with Gasteiger partial charge in [0, 0.05) is 62.0 Å². The van der Waals surface area contributed by atoms with Gasteiger partial charge in [0.1, 0.15) is 29.1 Å². The summed E-state index contributed by atoms with van der Waals surface area (Å²) < 4.78 is 31.5. The number of benzene rings is 3. The molecule has 1 aromatic heterocycles. The molecule has 0 N–H and O–H groups in total. The largest absolute Gasteiger partial charge is 0.497 e. The zero-order chi connectivity index (χ0) is 37.2. The number of cyclic esters (lactones) is 1. The van der Waals surface area contributed by atoms with Crippen LogP contribution in [-0.4, -0.2) is 111 Å². The first-order valence-corrected chi connectivity index (χ1v) is 17.0. The number of aryl methyl sites for hydroxylation is 1. The van der Waals surface area contributed by atoms with Gasteiger partial charge in [-0.15, -0.1) is 0 Å². The summed E-state index contributed by atoms with van der Waals surface area (Å²) in [5.74, 6) is 3.74. The first-order chi connectivity index (χ1) is 25.1. The van der Waals surface area contributed by atoms with Gasteiger partial charge in [-0.1, -0.05) is 5.16 Å². The number of hydrogen-bond donors (Lipinski definition) is 0. The molecular weight excluding hydrogens is 694 g/mol. The van der Waals surface area contributed by atoms with Gasteiger partial charge in [-0.25, -0.2) is 4.79 Å². The van der Waals surface area contributed by atoms with Gasteiger partial charge >= 0.3 is 6.09 Å². The molecule has 6 rings (SSSR count). The van der Waals surface area contributed by atoms with Crippen molar-refractivity contribution in [3.63, 3.8) is 0 Å². The molecule has 0 spiro atoms. The number of amides is 2. The Bertz CT molecular complexity index is 1840. The lowest BCUT2D eigenvalue weighted by molar-refractivity contribution is -0.132. The SMILES string of the molecule is COc1ccc(OC)c(CC(=O)Cl)c1.COc1ccc(OC)c(CC(=O)N2CCN(CC3CN(c4ccc(-c5noc(C)n5)cc4)C(=O)O3)CC2)c1. The predicted octanol–water partition coefficient (Wildman–Crippen LogP) is 4.79. The molecule has 4 aromatic rings. The van der Waals surface area contributed by atoms with Crippen molar-refractivity contribution in [2.24, 2.45) is 0 Å².